The van der Waals surface area contributed by atoms with E-state index in [9.17, 15) is 19.5 Å². The molecular formula is C19H28N2O5. The van der Waals surface area contributed by atoms with Crippen LogP contribution in [0.1, 0.15) is 40.2 Å². The molecule has 2 amide bonds. The SMILES string of the molecule is CC(C)C(NC(=O)C(Cc1ccccc1)NC(=O)OC(C)(C)C)C(=O)O. The molecule has 0 fully saturated rings. The number of amides is 2. The third-order valence-corrected chi connectivity index (χ3v) is 3.52. The van der Waals surface area contributed by atoms with Gasteiger partial charge in [0.15, 0.2) is 0 Å². The van der Waals surface area contributed by atoms with Crippen LogP contribution in [0.25, 0.3) is 0 Å². The Morgan fingerprint density at radius 2 is 1.65 bits per heavy atom. The molecule has 3 N–H and O–H groups in total. The van der Waals surface area contributed by atoms with Gasteiger partial charge in [-0.15, -0.1) is 0 Å². The average Bonchev–Trinajstić information content (AvgIpc) is 2.50. The van der Waals surface area contributed by atoms with Gasteiger partial charge in [0.2, 0.25) is 5.91 Å². The molecule has 0 aliphatic rings. The summed E-state index contributed by atoms with van der Waals surface area (Å²) >= 11 is 0. The molecule has 0 saturated heterocycles. The number of hydrogen-bond acceptors (Lipinski definition) is 4. The molecule has 0 aliphatic heterocycles. The fraction of sp³-hybridized carbons (Fsp3) is 0.526. The van der Waals surface area contributed by atoms with Crippen molar-refractivity contribution in [3.63, 3.8) is 0 Å². The Morgan fingerprint density at radius 3 is 2.12 bits per heavy atom. The minimum absolute atomic E-state index is 0.219. The molecule has 1 aromatic rings. The number of benzene rings is 1. The van der Waals surface area contributed by atoms with Crippen LogP contribution in [0.4, 0.5) is 4.79 Å². The molecule has 1 aromatic carbocycles. The summed E-state index contributed by atoms with van der Waals surface area (Å²) in [5.41, 5.74) is 0.125. The number of aliphatic carboxylic acids is 1. The van der Waals surface area contributed by atoms with Crippen LogP contribution in [-0.2, 0) is 20.7 Å². The van der Waals surface area contributed by atoms with Gasteiger partial charge >= 0.3 is 12.1 Å². The zero-order chi connectivity index (χ0) is 19.9. The van der Waals surface area contributed by atoms with Crippen molar-refractivity contribution in [1.82, 2.24) is 10.6 Å². The number of carbonyl (C=O) groups excluding carboxylic acids is 2. The number of carboxylic acids is 1. The number of alkyl carbamates (subject to hydrolysis) is 1. The summed E-state index contributed by atoms with van der Waals surface area (Å²) in [5.74, 6) is -1.99. The van der Waals surface area contributed by atoms with Gasteiger partial charge in [-0.3, -0.25) is 4.79 Å². The molecule has 7 heteroatoms. The van der Waals surface area contributed by atoms with E-state index in [-0.39, 0.29) is 12.3 Å². The molecule has 0 heterocycles. The number of carbonyl (C=O) groups is 3. The molecule has 1 rings (SSSR count). The van der Waals surface area contributed by atoms with Gasteiger partial charge in [-0.05, 0) is 32.3 Å². The molecule has 0 bridgehead atoms. The summed E-state index contributed by atoms with van der Waals surface area (Å²) in [4.78, 5) is 36.1. The largest absolute Gasteiger partial charge is 0.480 e. The Balaban J connectivity index is 2.93. The first-order valence-corrected chi connectivity index (χ1v) is 8.56. The normalized spacial score (nSPS) is 13.6. The van der Waals surface area contributed by atoms with E-state index in [4.69, 9.17) is 4.74 Å². The van der Waals surface area contributed by atoms with E-state index in [0.717, 1.165) is 5.56 Å². The maximum atomic E-state index is 12.6. The number of carboxylic acid groups (broad SMARTS) is 1. The Bertz CT molecular complexity index is 623. The molecule has 7 nitrogen and oxygen atoms in total. The maximum absolute atomic E-state index is 12.6. The van der Waals surface area contributed by atoms with Crippen LogP contribution in [0.15, 0.2) is 30.3 Å². The van der Waals surface area contributed by atoms with Gasteiger partial charge in [0.25, 0.3) is 0 Å². The molecule has 0 saturated carbocycles. The standard InChI is InChI=1S/C19H28N2O5/c1-12(2)15(17(23)24)21-16(22)14(11-13-9-7-6-8-10-13)20-18(25)26-19(3,4)5/h6-10,12,14-15H,11H2,1-5H3,(H,20,25)(H,21,22)(H,23,24). The molecule has 144 valence electrons. The van der Waals surface area contributed by atoms with Gasteiger partial charge in [0.05, 0.1) is 0 Å². The summed E-state index contributed by atoms with van der Waals surface area (Å²) in [7, 11) is 0. The van der Waals surface area contributed by atoms with Crippen molar-refractivity contribution in [2.24, 2.45) is 5.92 Å². The topological polar surface area (TPSA) is 105 Å². The van der Waals surface area contributed by atoms with Crippen LogP contribution in [-0.4, -0.2) is 40.8 Å². The van der Waals surface area contributed by atoms with Crippen molar-refractivity contribution >= 4 is 18.0 Å². The highest BCUT2D eigenvalue weighted by atomic mass is 16.6. The lowest BCUT2D eigenvalue weighted by atomic mass is 10.0. The highest BCUT2D eigenvalue weighted by molar-refractivity contribution is 5.89. The second-order valence-corrected chi connectivity index (χ2v) is 7.46. The van der Waals surface area contributed by atoms with Crippen molar-refractivity contribution in [2.75, 3.05) is 0 Å². The quantitative estimate of drug-likeness (QED) is 0.689. The Kier molecular flexibility index (Phi) is 7.61. The van der Waals surface area contributed by atoms with E-state index >= 15 is 0 Å². The lowest BCUT2D eigenvalue weighted by molar-refractivity contribution is -0.143. The van der Waals surface area contributed by atoms with Crippen molar-refractivity contribution < 1.29 is 24.2 Å². The van der Waals surface area contributed by atoms with E-state index < -0.39 is 35.7 Å². The van der Waals surface area contributed by atoms with Crippen LogP contribution < -0.4 is 10.6 Å². The predicted molar refractivity (Wildman–Crippen MR) is 97.7 cm³/mol. The minimum atomic E-state index is -1.12. The van der Waals surface area contributed by atoms with Crippen molar-refractivity contribution in [1.29, 1.82) is 0 Å². The summed E-state index contributed by atoms with van der Waals surface area (Å²) < 4.78 is 5.21. The first kappa shape index (κ1) is 21.5. The second-order valence-electron chi connectivity index (χ2n) is 7.46. The summed E-state index contributed by atoms with van der Waals surface area (Å²) in [6, 6.07) is 7.16. The average molecular weight is 364 g/mol. The van der Waals surface area contributed by atoms with Gasteiger partial charge in [0.1, 0.15) is 17.7 Å². The fourth-order valence-corrected chi connectivity index (χ4v) is 2.28. The van der Waals surface area contributed by atoms with Gasteiger partial charge in [-0.1, -0.05) is 44.2 Å². The summed E-state index contributed by atoms with van der Waals surface area (Å²) in [6.07, 6.45) is -0.513. The lowest BCUT2D eigenvalue weighted by Crippen LogP contribution is -2.54. The monoisotopic (exact) mass is 364 g/mol. The van der Waals surface area contributed by atoms with Crippen molar-refractivity contribution in [3.8, 4) is 0 Å². The van der Waals surface area contributed by atoms with E-state index in [1.54, 1.807) is 34.6 Å². The molecule has 0 aliphatic carbocycles. The molecule has 26 heavy (non-hydrogen) atoms. The van der Waals surface area contributed by atoms with Crippen LogP contribution in [0.5, 0.6) is 0 Å². The van der Waals surface area contributed by atoms with Crippen molar-refractivity contribution in [2.45, 2.75) is 58.7 Å². The first-order chi connectivity index (χ1) is 12.0. The van der Waals surface area contributed by atoms with Crippen LogP contribution in [0.2, 0.25) is 0 Å². The van der Waals surface area contributed by atoms with E-state index in [1.807, 2.05) is 30.3 Å². The van der Waals surface area contributed by atoms with Crippen molar-refractivity contribution in [3.05, 3.63) is 35.9 Å². The molecule has 0 aromatic heterocycles. The third-order valence-electron chi connectivity index (χ3n) is 3.52. The van der Waals surface area contributed by atoms with Crippen LogP contribution in [0, 0.1) is 5.92 Å². The highest BCUT2D eigenvalue weighted by Crippen LogP contribution is 2.10. The Morgan fingerprint density at radius 1 is 1.08 bits per heavy atom. The first-order valence-electron chi connectivity index (χ1n) is 8.56. The fourth-order valence-electron chi connectivity index (χ4n) is 2.28. The summed E-state index contributed by atoms with van der Waals surface area (Å²) in [5, 5.41) is 14.3. The zero-order valence-electron chi connectivity index (χ0n) is 15.9. The van der Waals surface area contributed by atoms with Crippen LogP contribution in [0.3, 0.4) is 0 Å². The number of hydrogen-bond donors (Lipinski definition) is 3. The third kappa shape index (κ3) is 7.55. The lowest BCUT2D eigenvalue weighted by Gasteiger charge is -2.25. The van der Waals surface area contributed by atoms with Gasteiger partial charge in [0, 0.05) is 6.42 Å². The van der Waals surface area contributed by atoms with Gasteiger partial charge < -0.3 is 20.5 Å². The van der Waals surface area contributed by atoms with E-state index in [2.05, 4.69) is 10.6 Å². The highest BCUT2D eigenvalue weighted by Gasteiger charge is 2.29. The Labute approximate surface area is 154 Å². The second kappa shape index (κ2) is 9.22. The predicted octanol–water partition coefficient (Wildman–Crippen LogP) is 2.35. The molecular weight excluding hydrogens is 336 g/mol. The minimum Gasteiger partial charge on any atom is -0.480 e. The number of ether oxygens (including phenoxy) is 1. The molecule has 2 unspecified atom stereocenters. The maximum Gasteiger partial charge on any atom is 0.408 e. The molecule has 2 atom stereocenters. The summed E-state index contributed by atoms with van der Waals surface area (Å²) in [6.45, 7) is 8.56. The van der Waals surface area contributed by atoms with Gasteiger partial charge in [-0.25, -0.2) is 9.59 Å². The number of nitrogens with one attached hydrogen (secondary N) is 2. The number of rotatable bonds is 7. The van der Waals surface area contributed by atoms with E-state index in [1.165, 1.54) is 0 Å². The van der Waals surface area contributed by atoms with Crippen LogP contribution >= 0.6 is 0 Å². The molecule has 0 spiro atoms. The Hall–Kier alpha value is -2.57. The smallest absolute Gasteiger partial charge is 0.408 e. The van der Waals surface area contributed by atoms with E-state index in [0.29, 0.717) is 0 Å². The molecule has 0 radical (unpaired) electrons. The van der Waals surface area contributed by atoms with Gasteiger partial charge in [-0.2, -0.15) is 0 Å². The zero-order valence-corrected chi connectivity index (χ0v) is 15.9.